The molecule has 3 heterocycles. The van der Waals surface area contributed by atoms with E-state index in [2.05, 4.69) is 42.0 Å². The van der Waals surface area contributed by atoms with Crippen LogP contribution < -0.4 is 11.1 Å². The summed E-state index contributed by atoms with van der Waals surface area (Å²) in [7, 11) is 0. The number of imidazole rings is 2. The van der Waals surface area contributed by atoms with Crippen LogP contribution in [0.2, 0.25) is 0 Å². The van der Waals surface area contributed by atoms with E-state index in [9.17, 15) is 0 Å². The number of nitrogen functional groups attached to an aromatic ring is 1. The van der Waals surface area contributed by atoms with Crippen molar-refractivity contribution in [2.75, 3.05) is 11.1 Å². The van der Waals surface area contributed by atoms with E-state index in [1.807, 2.05) is 43.3 Å². The lowest BCUT2D eigenvalue weighted by Gasteiger charge is -2.17. The molecule has 0 unspecified atom stereocenters. The van der Waals surface area contributed by atoms with E-state index in [0.717, 1.165) is 28.1 Å². The number of nitrogens with zero attached hydrogens (tertiary/aromatic N) is 5. The second kappa shape index (κ2) is 6.34. The van der Waals surface area contributed by atoms with Crippen LogP contribution in [0, 0.1) is 0 Å². The zero-order valence-electron chi connectivity index (χ0n) is 15.2. The Kier molecular flexibility index (Phi) is 3.68. The molecule has 3 aromatic heterocycles. The number of hydrogen-bond acceptors (Lipinski definition) is 6. The molecule has 8 heteroatoms. The molecule has 0 amide bonds. The smallest absolute Gasteiger partial charge is 0.182 e. The lowest BCUT2D eigenvalue weighted by molar-refractivity contribution is 0.769. The summed E-state index contributed by atoms with van der Waals surface area (Å²) in [6.45, 7) is 2.05. The molecule has 4 N–H and O–H groups in total. The van der Waals surface area contributed by atoms with Gasteiger partial charge in [0.15, 0.2) is 11.5 Å². The third-order valence-electron chi connectivity index (χ3n) is 4.68. The van der Waals surface area contributed by atoms with Gasteiger partial charge in [-0.2, -0.15) is 0 Å². The number of fused-ring (bicyclic) bond motifs is 2. The van der Waals surface area contributed by atoms with Gasteiger partial charge in [0.25, 0.3) is 0 Å². The van der Waals surface area contributed by atoms with Gasteiger partial charge in [-0.15, -0.1) is 0 Å². The Morgan fingerprint density at radius 1 is 1.07 bits per heavy atom. The average molecular weight is 370 g/mol. The summed E-state index contributed by atoms with van der Waals surface area (Å²) in [5.74, 6) is 1.54. The van der Waals surface area contributed by atoms with Crippen molar-refractivity contribution in [3.8, 4) is 5.69 Å². The highest BCUT2D eigenvalue weighted by Crippen LogP contribution is 2.29. The maximum atomic E-state index is 6.05. The number of benzene rings is 2. The minimum Gasteiger partial charge on any atom is -0.399 e. The van der Waals surface area contributed by atoms with E-state index in [1.165, 1.54) is 6.33 Å². The molecule has 0 saturated carbocycles. The van der Waals surface area contributed by atoms with Crippen LogP contribution in [0.1, 0.15) is 18.8 Å². The van der Waals surface area contributed by atoms with Gasteiger partial charge in [0.2, 0.25) is 0 Å². The van der Waals surface area contributed by atoms with E-state index in [-0.39, 0.29) is 6.04 Å². The van der Waals surface area contributed by atoms with Crippen molar-refractivity contribution in [1.29, 1.82) is 0 Å². The largest absolute Gasteiger partial charge is 0.399 e. The standard InChI is InChI=1S/C20H18N8/c1-12(26-19-17-18(23-10-22-17)24-11-25-19)20-27-15-8-7-13(21)9-16(15)28(20)14-5-3-2-4-6-14/h2-12H,21H2,1H3,(H2,22,23,24,25,26)/t12-/m0/s1. The summed E-state index contributed by atoms with van der Waals surface area (Å²) in [5.41, 5.74) is 11.0. The first-order valence-electron chi connectivity index (χ1n) is 8.94. The lowest BCUT2D eigenvalue weighted by Crippen LogP contribution is -2.14. The summed E-state index contributed by atoms with van der Waals surface area (Å²) in [6, 6.07) is 15.7. The van der Waals surface area contributed by atoms with Gasteiger partial charge in [-0.3, -0.25) is 4.57 Å². The van der Waals surface area contributed by atoms with E-state index >= 15 is 0 Å². The number of H-pyrrole nitrogens is 1. The van der Waals surface area contributed by atoms with Crippen LogP contribution in [0.3, 0.4) is 0 Å². The number of para-hydroxylation sites is 1. The highest BCUT2D eigenvalue weighted by molar-refractivity contribution is 5.83. The third-order valence-corrected chi connectivity index (χ3v) is 4.68. The zero-order chi connectivity index (χ0) is 19.1. The van der Waals surface area contributed by atoms with Crippen LogP contribution in [-0.2, 0) is 0 Å². The van der Waals surface area contributed by atoms with Gasteiger partial charge >= 0.3 is 0 Å². The normalized spacial score (nSPS) is 12.5. The Morgan fingerprint density at radius 3 is 2.79 bits per heavy atom. The number of anilines is 2. The molecule has 5 aromatic rings. The average Bonchev–Trinajstić information content (AvgIpc) is 3.33. The number of aromatic nitrogens is 6. The maximum absolute atomic E-state index is 6.05. The molecule has 0 fully saturated rings. The molecule has 1 atom stereocenters. The molecular formula is C20H18N8. The van der Waals surface area contributed by atoms with E-state index in [0.29, 0.717) is 17.2 Å². The fourth-order valence-electron chi connectivity index (χ4n) is 3.39. The molecule has 0 spiro atoms. The lowest BCUT2D eigenvalue weighted by atomic mass is 10.2. The molecule has 138 valence electrons. The quantitative estimate of drug-likeness (QED) is 0.418. The first-order chi connectivity index (χ1) is 13.7. The Morgan fingerprint density at radius 2 is 1.93 bits per heavy atom. The Labute approximate surface area is 160 Å². The van der Waals surface area contributed by atoms with Crippen molar-refractivity contribution in [2.45, 2.75) is 13.0 Å². The van der Waals surface area contributed by atoms with Crippen molar-refractivity contribution in [3.63, 3.8) is 0 Å². The molecule has 0 aliphatic rings. The van der Waals surface area contributed by atoms with Crippen LogP contribution in [0.5, 0.6) is 0 Å². The first kappa shape index (κ1) is 16.2. The van der Waals surface area contributed by atoms with Crippen LogP contribution in [0.15, 0.2) is 61.2 Å². The van der Waals surface area contributed by atoms with Crippen LogP contribution in [0.4, 0.5) is 11.5 Å². The highest BCUT2D eigenvalue weighted by Gasteiger charge is 2.19. The van der Waals surface area contributed by atoms with Crippen LogP contribution in [-0.4, -0.2) is 29.5 Å². The van der Waals surface area contributed by atoms with E-state index in [1.54, 1.807) is 6.33 Å². The Balaban J connectivity index is 1.64. The molecule has 8 nitrogen and oxygen atoms in total. The summed E-state index contributed by atoms with van der Waals surface area (Å²) in [6.07, 6.45) is 3.11. The van der Waals surface area contributed by atoms with E-state index < -0.39 is 0 Å². The van der Waals surface area contributed by atoms with Gasteiger partial charge in [0.1, 0.15) is 17.7 Å². The summed E-state index contributed by atoms with van der Waals surface area (Å²) in [4.78, 5) is 20.7. The van der Waals surface area contributed by atoms with Gasteiger partial charge < -0.3 is 16.0 Å². The molecule has 0 aliphatic heterocycles. The van der Waals surface area contributed by atoms with Gasteiger partial charge in [0, 0.05) is 11.4 Å². The maximum Gasteiger partial charge on any atom is 0.182 e. The predicted octanol–water partition coefficient (Wildman–Crippen LogP) is 3.45. The third kappa shape index (κ3) is 2.62. The molecular weight excluding hydrogens is 352 g/mol. The fourth-order valence-corrected chi connectivity index (χ4v) is 3.39. The van der Waals surface area contributed by atoms with Gasteiger partial charge in [-0.25, -0.2) is 19.9 Å². The van der Waals surface area contributed by atoms with Crippen molar-refractivity contribution in [3.05, 3.63) is 67.0 Å². The summed E-state index contributed by atoms with van der Waals surface area (Å²) in [5, 5.41) is 3.44. The summed E-state index contributed by atoms with van der Waals surface area (Å²) < 4.78 is 2.12. The molecule has 0 radical (unpaired) electrons. The topological polar surface area (TPSA) is 110 Å². The Bertz CT molecular complexity index is 1270. The number of nitrogens with one attached hydrogen (secondary N) is 2. The first-order valence-corrected chi connectivity index (χ1v) is 8.94. The molecule has 0 bridgehead atoms. The predicted molar refractivity (Wildman–Crippen MR) is 109 cm³/mol. The van der Waals surface area contributed by atoms with Crippen molar-refractivity contribution in [1.82, 2.24) is 29.5 Å². The van der Waals surface area contributed by atoms with Crippen molar-refractivity contribution >= 4 is 33.7 Å². The second-order valence-corrected chi connectivity index (χ2v) is 6.58. The molecule has 28 heavy (non-hydrogen) atoms. The van der Waals surface area contributed by atoms with Crippen LogP contribution in [0.25, 0.3) is 27.9 Å². The minimum atomic E-state index is -0.129. The second-order valence-electron chi connectivity index (χ2n) is 6.58. The SMILES string of the molecule is C[C@H](Nc1ncnc2nc[nH]c12)c1nc2ccc(N)cc2n1-c1ccccc1. The Hall–Kier alpha value is -3.94. The number of nitrogens with two attached hydrogens (primary N) is 1. The molecule has 2 aromatic carbocycles. The number of rotatable bonds is 4. The number of hydrogen-bond donors (Lipinski definition) is 3. The van der Waals surface area contributed by atoms with Gasteiger partial charge in [-0.05, 0) is 37.3 Å². The fraction of sp³-hybridized carbons (Fsp3) is 0.100. The minimum absolute atomic E-state index is 0.129. The zero-order valence-corrected chi connectivity index (χ0v) is 15.2. The van der Waals surface area contributed by atoms with E-state index in [4.69, 9.17) is 10.7 Å². The molecule has 5 rings (SSSR count). The molecule has 0 aliphatic carbocycles. The molecule has 0 saturated heterocycles. The van der Waals surface area contributed by atoms with Crippen molar-refractivity contribution in [2.24, 2.45) is 0 Å². The summed E-state index contributed by atoms with van der Waals surface area (Å²) >= 11 is 0. The highest BCUT2D eigenvalue weighted by atomic mass is 15.2. The van der Waals surface area contributed by atoms with Gasteiger partial charge in [0.05, 0.1) is 23.4 Å². The van der Waals surface area contributed by atoms with Crippen LogP contribution >= 0.6 is 0 Å². The number of aromatic amines is 1. The monoisotopic (exact) mass is 370 g/mol. The van der Waals surface area contributed by atoms with Crippen molar-refractivity contribution < 1.29 is 0 Å². The van der Waals surface area contributed by atoms with Gasteiger partial charge in [-0.1, -0.05) is 18.2 Å².